The third-order valence-electron chi connectivity index (χ3n) is 8.90. The van der Waals surface area contributed by atoms with E-state index in [0.29, 0.717) is 6.42 Å². The van der Waals surface area contributed by atoms with Crippen LogP contribution in [0.1, 0.15) is 200 Å². The molecular formula is C41H77O8P. The van der Waals surface area contributed by atoms with E-state index < -0.39 is 26.5 Å². The van der Waals surface area contributed by atoms with Crippen LogP contribution in [-0.4, -0.2) is 43.3 Å². The minimum absolute atomic E-state index is 0.228. The average Bonchev–Trinajstić information content (AvgIpc) is 3.10. The minimum Gasteiger partial charge on any atom is -0.462 e. The van der Waals surface area contributed by atoms with Crippen molar-refractivity contribution in [2.45, 2.75) is 206 Å². The van der Waals surface area contributed by atoms with E-state index in [1.807, 2.05) is 0 Å². The molecule has 0 saturated heterocycles. The standard InChI is InChI=1S/C41H77O8P/c1-4-6-8-10-12-14-16-17-18-19-20-21-22-23-24-25-26-28-30-32-34-36-41(43)49-39(38-48-50(44,45)46-3)37-47-40(42)35-33-31-29-27-15-13-11-9-7-5-2/h9,11,19-20,39H,4-8,10,12-18,21-38H2,1-3H3,(H,44,45)/b11-9-,20-19-. The summed E-state index contributed by atoms with van der Waals surface area (Å²) in [7, 11) is -3.20. The summed E-state index contributed by atoms with van der Waals surface area (Å²) in [5.74, 6) is -0.815. The molecule has 8 nitrogen and oxygen atoms in total. The summed E-state index contributed by atoms with van der Waals surface area (Å²) >= 11 is 0. The number of esters is 2. The Morgan fingerprint density at radius 2 is 0.940 bits per heavy atom. The maximum atomic E-state index is 12.5. The Morgan fingerprint density at radius 3 is 1.38 bits per heavy atom. The summed E-state index contributed by atoms with van der Waals surface area (Å²) in [6, 6.07) is 0. The smallest absolute Gasteiger partial charge is 0.462 e. The van der Waals surface area contributed by atoms with Crippen LogP contribution < -0.4 is 0 Å². The van der Waals surface area contributed by atoms with E-state index in [2.05, 4.69) is 42.7 Å². The van der Waals surface area contributed by atoms with Gasteiger partial charge in [0.05, 0.1) is 6.61 Å². The van der Waals surface area contributed by atoms with Crippen molar-refractivity contribution in [2.24, 2.45) is 0 Å². The Balaban J connectivity index is 3.94. The number of phosphoric acid groups is 1. The van der Waals surface area contributed by atoms with Gasteiger partial charge in [-0.2, -0.15) is 0 Å². The van der Waals surface area contributed by atoms with E-state index in [9.17, 15) is 19.0 Å². The molecule has 0 heterocycles. The first-order valence-electron chi connectivity index (χ1n) is 20.5. The summed E-state index contributed by atoms with van der Waals surface area (Å²) in [6.45, 7) is 3.82. The Bertz CT molecular complexity index is 875. The van der Waals surface area contributed by atoms with Crippen molar-refractivity contribution < 1.29 is 37.6 Å². The number of rotatable bonds is 38. The highest BCUT2D eigenvalue weighted by Gasteiger charge is 2.24. The van der Waals surface area contributed by atoms with Crippen molar-refractivity contribution in [1.29, 1.82) is 0 Å². The van der Waals surface area contributed by atoms with Crippen LogP contribution >= 0.6 is 7.82 Å². The average molecular weight is 729 g/mol. The van der Waals surface area contributed by atoms with Gasteiger partial charge in [-0.05, 0) is 57.8 Å². The molecule has 0 rings (SSSR count). The molecule has 0 aromatic heterocycles. The van der Waals surface area contributed by atoms with Gasteiger partial charge in [0.15, 0.2) is 6.10 Å². The quantitative estimate of drug-likeness (QED) is 0.0290. The van der Waals surface area contributed by atoms with Gasteiger partial charge in [-0.1, -0.05) is 154 Å². The summed E-state index contributed by atoms with van der Waals surface area (Å²) in [6.07, 6.45) is 41.0. The van der Waals surface area contributed by atoms with Gasteiger partial charge in [0, 0.05) is 20.0 Å². The number of phosphoric ester groups is 1. The van der Waals surface area contributed by atoms with Gasteiger partial charge in [-0.25, -0.2) is 4.57 Å². The monoisotopic (exact) mass is 729 g/mol. The Labute approximate surface area is 307 Å². The van der Waals surface area contributed by atoms with Crippen LogP contribution in [0.15, 0.2) is 24.3 Å². The number of hydrogen-bond donors (Lipinski definition) is 1. The van der Waals surface area contributed by atoms with E-state index in [4.69, 9.17) is 14.0 Å². The molecule has 294 valence electrons. The van der Waals surface area contributed by atoms with Crippen LogP contribution in [0.25, 0.3) is 0 Å². The maximum absolute atomic E-state index is 12.5. The van der Waals surface area contributed by atoms with Gasteiger partial charge >= 0.3 is 19.8 Å². The SMILES string of the molecule is CCC/C=C\CCCCCCCC(=O)OCC(COP(=O)(O)OC)OC(=O)CCCCCCCCCCC/C=C\CCCCCCCCCC. The number of carbonyl (C=O) groups excluding carboxylic acids is 2. The van der Waals surface area contributed by atoms with E-state index in [0.717, 1.165) is 64.9 Å². The van der Waals surface area contributed by atoms with Crippen molar-refractivity contribution in [3.05, 3.63) is 24.3 Å². The van der Waals surface area contributed by atoms with Gasteiger partial charge in [0.1, 0.15) is 6.61 Å². The number of hydrogen-bond acceptors (Lipinski definition) is 7. The molecule has 0 radical (unpaired) electrons. The third kappa shape index (κ3) is 36.3. The van der Waals surface area contributed by atoms with E-state index >= 15 is 0 Å². The van der Waals surface area contributed by atoms with Gasteiger partial charge in [0.25, 0.3) is 0 Å². The first kappa shape index (κ1) is 48.5. The number of unbranched alkanes of at least 4 members (excludes halogenated alkanes) is 23. The lowest BCUT2D eigenvalue weighted by atomic mass is 10.1. The normalized spacial score (nSPS) is 13.6. The van der Waals surface area contributed by atoms with E-state index in [1.165, 1.54) is 109 Å². The van der Waals surface area contributed by atoms with Gasteiger partial charge in [-0.15, -0.1) is 0 Å². The molecule has 0 aliphatic carbocycles. The summed E-state index contributed by atoms with van der Waals surface area (Å²) in [4.78, 5) is 34.3. The molecule has 2 unspecified atom stereocenters. The molecule has 0 saturated carbocycles. The molecule has 0 amide bonds. The lowest BCUT2D eigenvalue weighted by Crippen LogP contribution is -2.29. The second-order valence-corrected chi connectivity index (χ2v) is 15.3. The van der Waals surface area contributed by atoms with Crippen LogP contribution in [0, 0.1) is 0 Å². The molecule has 0 aromatic carbocycles. The minimum atomic E-state index is -4.26. The van der Waals surface area contributed by atoms with Crippen LogP contribution in [0.2, 0.25) is 0 Å². The predicted octanol–water partition coefficient (Wildman–Crippen LogP) is 12.7. The van der Waals surface area contributed by atoms with Crippen LogP contribution in [0.4, 0.5) is 0 Å². The molecule has 2 atom stereocenters. The van der Waals surface area contributed by atoms with Gasteiger partial charge in [0.2, 0.25) is 0 Å². The van der Waals surface area contributed by atoms with Gasteiger partial charge in [-0.3, -0.25) is 18.6 Å². The highest BCUT2D eigenvalue weighted by molar-refractivity contribution is 7.47. The van der Waals surface area contributed by atoms with Crippen LogP contribution in [0.3, 0.4) is 0 Å². The first-order chi connectivity index (χ1) is 24.3. The summed E-state index contributed by atoms with van der Waals surface area (Å²) < 4.78 is 31.9. The molecule has 0 spiro atoms. The molecule has 0 fully saturated rings. The molecule has 1 N–H and O–H groups in total. The first-order valence-corrected chi connectivity index (χ1v) is 22.0. The maximum Gasteiger partial charge on any atom is 0.472 e. The van der Waals surface area contributed by atoms with Crippen molar-refractivity contribution >= 4 is 19.8 Å². The molecule has 0 aliphatic heterocycles. The van der Waals surface area contributed by atoms with E-state index in [1.54, 1.807) is 0 Å². The second kappa shape index (κ2) is 37.3. The largest absolute Gasteiger partial charge is 0.472 e. The fourth-order valence-electron chi connectivity index (χ4n) is 5.71. The summed E-state index contributed by atoms with van der Waals surface area (Å²) in [5, 5.41) is 0. The van der Waals surface area contributed by atoms with Crippen molar-refractivity contribution in [3.63, 3.8) is 0 Å². The fraction of sp³-hybridized carbons (Fsp3) is 0.854. The highest BCUT2D eigenvalue weighted by atomic mass is 31.2. The van der Waals surface area contributed by atoms with Crippen molar-refractivity contribution in [1.82, 2.24) is 0 Å². The van der Waals surface area contributed by atoms with Crippen LogP contribution in [0.5, 0.6) is 0 Å². The lowest BCUT2D eigenvalue weighted by Gasteiger charge is -2.19. The lowest BCUT2D eigenvalue weighted by molar-refractivity contribution is -0.161. The number of carbonyl (C=O) groups is 2. The Kier molecular flexibility index (Phi) is 36.2. The molecular weight excluding hydrogens is 651 g/mol. The zero-order valence-corrected chi connectivity index (χ0v) is 33.5. The second-order valence-electron chi connectivity index (χ2n) is 13.8. The Morgan fingerprint density at radius 1 is 0.540 bits per heavy atom. The Hall–Kier alpha value is -1.47. The highest BCUT2D eigenvalue weighted by Crippen LogP contribution is 2.42. The zero-order chi connectivity index (χ0) is 36.8. The summed E-state index contributed by atoms with van der Waals surface area (Å²) in [5.41, 5.74) is 0. The molecule has 0 bridgehead atoms. The van der Waals surface area contributed by atoms with Crippen molar-refractivity contribution in [3.8, 4) is 0 Å². The van der Waals surface area contributed by atoms with E-state index in [-0.39, 0.29) is 25.4 Å². The van der Waals surface area contributed by atoms with Crippen molar-refractivity contribution in [2.75, 3.05) is 20.3 Å². The molecule has 50 heavy (non-hydrogen) atoms. The molecule has 9 heteroatoms. The fourth-order valence-corrected chi connectivity index (χ4v) is 6.17. The number of ether oxygens (including phenoxy) is 2. The predicted molar refractivity (Wildman–Crippen MR) is 207 cm³/mol. The molecule has 0 aromatic rings. The van der Waals surface area contributed by atoms with Crippen LogP contribution in [-0.2, 0) is 32.7 Å². The van der Waals surface area contributed by atoms with Gasteiger partial charge < -0.3 is 14.4 Å². The zero-order valence-electron chi connectivity index (χ0n) is 32.6. The topological polar surface area (TPSA) is 108 Å². The third-order valence-corrected chi connectivity index (χ3v) is 9.84. The molecule has 0 aliphatic rings. The number of allylic oxidation sites excluding steroid dienone is 4.